The molecule has 3 aromatic heterocycles. The summed E-state index contributed by atoms with van der Waals surface area (Å²) in [6.45, 7) is 5.08. The number of piperidine rings is 1. The van der Waals surface area contributed by atoms with Crippen LogP contribution in [0.5, 0.6) is 5.75 Å². The minimum Gasteiger partial charge on any atom is -0.495 e. The van der Waals surface area contributed by atoms with Gasteiger partial charge in [-0.3, -0.25) is 9.20 Å². The zero-order valence-corrected chi connectivity index (χ0v) is 20.0. The highest BCUT2D eigenvalue weighted by atomic mass is 19.1. The number of fused-ring (bicyclic) bond motifs is 1. The minimum absolute atomic E-state index is 0.132. The number of amides is 1. The van der Waals surface area contributed by atoms with Crippen LogP contribution >= 0.6 is 0 Å². The molecule has 0 unspecified atom stereocenters. The van der Waals surface area contributed by atoms with Gasteiger partial charge in [-0.1, -0.05) is 6.07 Å². The molecule has 4 aromatic rings. The monoisotopic (exact) mass is 474 g/mol. The van der Waals surface area contributed by atoms with Crippen molar-refractivity contribution in [2.24, 2.45) is 0 Å². The average Bonchev–Trinajstić information content (AvgIpc) is 3.31. The van der Waals surface area contributed by atoms with Gasteiger partial charge in [0.1, 0.15) is 5.75 Å². The standard InChI is InChI=1S/C26H27FN6O2/c1-16-14-29-26(31-24(16)22-15-28-25-20(27)5-4-10-33(22)25)30-21-7-6-19(13-23(21)35-3)18-8-11-32(12-9-18)17(2)34/h4-7,10,13-15,18H,8-9,11-12H2,1-3H3,(H,29,30,31). The topological polar surface area (TPSA) is 84.6 Å². The summed E-state index contributed by atoms with van der Waals surface area (Å²) in [4.78, 5) is 26.9. The molecule has 5 rings (SSSR count). The molecule has 0 aliphatic carbocycles. The number of imidazole rings is 1. The van der Waals surface area contributed by atoms with E-state index >= 15 is 0 Å². The van der Waals surface area contributed by atoms with Crippen LogP contribution in [0.4, 0.5) is 16.0 Å². The molecule has 0 saturated carbocycles. The highest BCUT2D eigenvalue weighted by molar-refractivity contribution is 5.73. The van der Waals surface area contributed by atoms with Gasteiger partial charge in [-0.2, -0.15) is 0 Å². The number of aromatic nitrogens is 4. The quantitative estimate of drug-likeness (QED) is 0.451. The number of halogens is 1. The summed E-state index contributed by atoms with van der Waals surface area (Å²) < 4.78 is 21.5. The SMILES string of the molecule is COc1cc(C2CCN(C(C)=O)CC2)ccc1Nc1ncc(C)c(-c2cnc3c(F)cccn23)n1. The van der Waals surface area contributed by atoms with Crippen LogP contribution in [0.2, 0.25) is 0 Å². The Morgan fingerprint density at radius 3 is 2.71 bits per heavy atom. The molecule has 0 bridgehead atoms. The van der Waals surface area contributed by atoms with Crippen LogP contribution in [0.25, 0.3) is 17.0 Å². The number of likely N-dealkylation sites (tertiary alicyclic amines) is 1. The van der Waals surface area contributed by atoms with Crippen LogP contribution in [0, 0.1) is 12.7 Å². The maximum atomic E-state index is 14.1. The Morgan fingerprint density at radius 1 is 1.17 bits per heavy atom. The Kier molecular flexibility index (Phi) is 6.07. The van der Waals surface area contributed by atoms with Gasteiger partial charge in [-0.25, -0.2) is 19.3 Å². The van der Waals surface area contributed by atoms with Crippen LogP contribution in [0.1, 0.15) is 36.8 Å². The lowest BCUT2D eigenvalue weighted by atomic mass is 9.89. The van der Waals surface area contributed by atoms with E-state index in [1.807, 2.05) is 24.0 Å². The molecule has 1 aliphatic heterocycles. The van der Waals surface area contributed by atoms with E-state index in [1.165, 1.54) is 11.6 Å². The van der Waals surface area contributed by atoms with Gasteiger partial charge in [0, 0.05) is 32.4 Å². The van der Waals surface area contributed by atoms with Crippen molar-refractivity contribution >= 4 is 23.2 Å². The summed E-state index contributed by atoms with van der Waals surface area (Å²) in [5.41, 5.74) is 4.38. The summed E-state index contributed by atoms with van der Waals surface area (Å²) in [5, 5.41) is 3.26. The number of carbonyl (C=O) groups excluding carboxylic acids is 1. The number of nitrogens with zero attached hydrogens (tertiary/aromatic N) is 5. The van der Waals surface area contributed by atoms with Crippen molar-refractivity contribution in [1.29, 1.82) is 0 Å². The van der Waals surface area contributed by atoms with Gasteiger partial charge >= 0.3 is 0 Å². The van der Waals surface area contributed by atoms with Crippen LogP contribution in [-0.4, -0.2) is 50.4 Å². The van der Waals surface area contributed by atoms with Crippen molar-refractivity contribution in [3.8, 4) is 17.1 Å². The number of pyridine rings is 1. The molecule has 4 heterocycles. The van der Waals surface area contributed by atoms with Crippen molar-refractivity contribution in [1.82, 2.24) is 24.3 Å². The summed E-state index contributed by atoms with van der Waals surface area (Å²) in [5.74, 6) is 1.22. The number of anilines is 2. The fraction of sp³-hybridized carbons (Fsp3) is 0.308. The lowest BCUT2D eigenvalue weighted by molar-refractivity contribution is -0.129. The first-order valence-corrected chi connectivity index (χ1v) is 11.6. The number of aryl methyl sites for hydroxylation is 1. The molecule has 35 heavy (non-hydrogen) atoms. The number of rotatable bonds is 5. The number of methoxy groups -OCH3 is 1. The number of carbonyl (C=O) groups is 1. The summed E-state index contributed by atoms with van der Waals surface area (Å²) >= 11 is 0. The number of nitrogens with one attached hydrogen (secondary N) is 1. The Morgan fingerprint density at radius 2 is 1.97 bits per heavy atom. The molecule has 1 aliphatic rings. The second-order valence-electron chi connectivity index (χ2n) is 8.78. The van der Waals surface area contributed by atoms with Crippen molar-refractivity contribution in [2.45, 2.75) is 32.6 Å². The van der Waals surface area contributed by atoms with Crippen molar-refractivity contribution in [3.63, 3.8) is 0 Å². The smallest absolute Gasteiger partial charge is 0.227 e. The molecule has 1 amide bonds. The summed E-state index contributed by atoms with van der Waals surface area (Å²) in [7, 11) is 1.64. The van der Waals surface area contributed by atoms with Crippen LogP contribution < -0.4 is 10.1 Å². The molecular weight excluding hydrogens is 447 g/mol. The molecule has 0 atom stereocenters. The minimum atomic E-state index is -0.388. The highest BCUT2D eigenvalue weighted by Crippen LogP contribution is 2.35. The Balaban J connectivity index is 1.40. The van der Waals surface area contributed by atoms with Crippen molar-refractivity contribution in [2.75, 3.05) is 25.5 Å². The van der Waals surface area contributed by atoms with E-state index in [1.54, 1.807) is 43.1 Å². The first-order chi connectivity index (χ1) is 16.9. The third-order valence-electron chi connectivity index (χ3n) is 6.59. The lowest BCUT2D eigenvalue weighted by Gasteiger charge is -2.31. The predicted molar refractivity (Wildman–Crippen MR) is 131 cm³/mol. The van der Waals surface area contributed by atoms with Gasteiger partial charge in [0.15, 0.2) is 11.5 Å². The maximum absolute atomic E-state index is 14.1. The third-order valence-corrected chi connectivity index (χ3v) is 6.59. The van der Waals surface area contributed by atoms with Gasteiger partial charge < -0.3 is 15.0 Å². The fourth-order valence-corrected chi connectivity index (χ4v) is 4.63. The Labute approximate surface area is 202 Å². The van der Waals surface area contributed by atoms with E-state index in [4.69, 9.17) is 9.72 Å². The van der Waals surface area contributed by atoms with Crippen LogP contribution in [0.3, 0.4) is 0 Å². The van der Waals surface area contributed by atoms with Crippen molar-refractivity contribution < 1.29 is 13.9 Å². The van der Waals surface area contributed by atoms with Crippen LogP contribution in [0.15, 0.2) is 48.9 Å². The average molecular weight is 475 g/mol. The van der Waals surface area contributed by atoms with Crippen molar-refractivity contribution in [3.05, 3.63) is 65.9 Å². The molecule has 0 radical (unpaired) electrons. The number of ether oxygens (including phenoxy) is 1. The first-order valence-electron chi connectivity index (χ1n) is 11.6. The predicted octanol–water partition coefficient (Wildman–Crippen LogP) is 4.72. The van der Waals surface area contributed by atoms with Gasteiger partial charge in [0.05, 0.1) is 30.4 Å². The highest BCUT2D eigenvalue weighted by Gasteiger charge is 2.23. The molecule has 8 nitrogen and oxygen atoms in total. The molecule has 180 valence electrons. The molecule has 1 saturated heterocycles. The first kappa shape index (κ1) is 22.8. The normalized spacial score (nSPS) is 14.3. The van der Waals surface area contributed by atoms with Gasteiger partial charge in [-0.15, -0.1) is 0 Å². The van der Waals surface area contributed by atoms with Gasteiger partial charge in [0.2, 0.25) is 11.9 Å². The zero-order valence-electron chi connectivity index (χ0n) is 20.0. The van der Waals surface area contributed by atoms with E-state index in [0.717, 1.165) is 37.2 Å². The second-order valence-corrected chi connectivity index (χ2v) is 8.78. The van der Waals surface area contributed by atoms with E-state index < -0.39 is 0 Å². The molecule has 1 N–H and O–H groups in total. The van der Waals surface area contributed by atoms with Gasteiger partial charge in [-0.05, 0) is 61.1 Å². The lowest BCUT2D eigenvalue weighted by Crippen LogP contribution is -2.36. The van der Waals surface area contributed by atoms with Crippen LogP contribution in [-0.2, 0) is 4.79 Å². The van der Waals surface area contributed by atoms with E-state index in [9.17, 15) is 9.18 Å². The molecule has 0 spiro atoms. The molecule has 9 heteroatoms. The third kappa shape index (κ3) is 4.41. The molecule has 1 aromatic carbocycles. The van der Waals surface area contributed by atoms with E-state index in [-0.39, 0.29) is 17.4 Å². The Bertz CT molecular complexity index is 1390. The molecule has 1 fully saturated rings. The molecular formula is C26H27FN6O2. The largest absolute Gasteiger partial charge is 0.495 e. The number of hydrogen-bond acceptors (Lipinski definition) is 6. The fourth-order valence-electron chi connectivity index (χ4n) is 4.63. The second kappa shape index (κ2) is 9.32. The number of benzene rings is 1. The Hall–Kier alpha value is -4.01. The van der Waals surface area contributed by atoms with Gasteiger partial charge in [0.25, 0.3) is 0 Å². The van der Waals surface area contributed by atoms with E-state index in [0.29, 0.717) is 29.0 Å². The maximum Gasteiger partial charge on any atom is 0.227 e. The summed E-state index contributed by atoms with van der Waals surface area (Å²) in [6.07, 6.45) is 6.97. The summed E-state index contributed by atoms with van der Waals surface area (Å²) in [6, 6.07) is 9.12. The number of hydrogen-bond donors (Lipinski definition) is 1. The zero-order chi connectivity index (χ0) is 24.5. The van der Waals surface area contributed by atoms with E-state index in [2.05, 4.69) is 21.4 Å².